The first-order valence-corrected chi connectivity index (χ1v) is 6.69. The monoisotopic (exact) mass is 259 g/mol. The third-order valence-electron chi connectivity index (χ3n) is 2.63. The Bertz CT molecular complexity index is 431. The van der Waals surface area contributed by atoms with Crippen molar-refractivity contribution in [3.05, 3.63) is 59.7 Å². The van der Waals surface area contributed by atoms with E-state index in [1.165, 1.54) is 23.2 Å². The molecular weight excluding hydrogens is 242 g/mol. The molecule has 0 saturated heterocycles. The number of anilines is 1. The van der Waals surface area contributed by atoms with Gasteiger partial charge >= 0.3 is 0 Å². The van der Waals surface area contributed by atoms with Crippen LogP contribution in [0.15, 0.2) is 53.4 Å². The van der Waals surface area contributed by atoms with E-state index < -0.39 is 0 Å². The highest BCUT2D eigenvalue weighted by Crippen LogP contribution is 2.19. The van der Waals surface area contributed by atoms with Gasteiger partial charge < -0.3 is 9.92 Å². The molecule has 0 aliphatic carbocycles. The highest BCUT2D eigenvalue weighted by Gasteiger charge is 1.96. The van der Waals surface area contributed by atoms with Gasteiger partial charge in [-0.25, -0.2) is 0 Å². The van der Waals surface area contributed by atoms with E-state index in [0.717, 1.165) is 17.0 Å². The summed E-state index contributed by atoms with van der Waals surface area (Å²) in [6.45, 7) is 2.78. The molecule has 2 N–H and O–H groups in total. The van der Waals surface area contributed by atoms with Crippen molar-refractivity contribution >= 4 is 17.7 Å². The van der Waals surface area contributed by atoms with Crippen molar-refractivity contribution in [2.45, 2.75) is 18.2 Å². The van der Waals surface area contributed by atoms with Gasteiger partial charge in [-0.2, -0.15) is 0 Å². The van der Waals surface area contributed by atoms with Crippen LogP contribution in [0.4, 0.5) is 5.69 Å². The molecule has 0 spiro atoms. The molecule has 0 aliphatic rings. The topological polar surface area (TPSA) is 35.2 Å². The molecule has 0 unspecified atom stereocenters. The Kier molecular flexibility index (Phi) is 4.67. The van der Waals surface area contributed by atoms with Crippen LogP contribution in [0.2, 0.25) is 0 Å². The Balaban J connectivity index is 1.73. The van der Waals surface area contributed by atoms with Gasteiger partial charge in [0.25, 0.3) is 0 Å². The van der Waals surface area contributed by atoms with Gasteiger partial charge in [0.1, 0.15) is 0 Å². The quantitative estimate of drug-likeness (QED) is 0.503. The predicted octanol–water partition coefficient (Wildman–Crippen LogP) is 3.84. The molecule has 18 heavy (non-hydrogen) atoms. The fourth-order valence-corrected chi connectivity index (χ4v) is 2.10. The Morgan fingerprint density at radius 3 is 2.33 bits per heavy atom. The average molecular weight is 259 g/mol. The van der Waals surface area contributed by atoms with Crippen LogP contribution in [0, 0.1) is 6.92 Å². The highest BCUT2D eigenvalue weighted by molar-refractivity contribution is 7.94. The first-order chi connectivity index (χ1) is 8.74. The van der Waals surface area contributed by atoms with Crippen LogP contribution >= 0.6 is 12.0 Å². The van der Waals surface area contributed by atoms with Crippen LogP contribution < -0.4 is 5.73 Å². The summed E-state index contributed by atoms with van der Waals surface area (Å²) in [5, 5.41) is 0. The number of hydrogen-bond donors (Lipinski definition) is 1. The lowest BCUT2D eigenvalue weighted by atomic mass is 10.1. The molecule has 2 aromatic rings. The van der Waals surface area contributed by atoms with Crippen molar-refractivity contribution < 1.29 is 4.18 Å². The first kappa shape index (κ1) is 13.0. The molecule has 0 saturated carbocycles. The average Bonchev–Trinajstić information content (AvgIpc) is 2.39. The molecule has 3 heteroatoms. The van der Waals surface area contributed by atoms with Crippen molar-refractivity contribution in [1.82, 2.24) is 0 Å². The third kappa shape index (κ3) is 4.09. The minimum Gasteiger partial charge on any atom is -0.399 e. The number of nitrogens with two attached hydrogens (primary N) is 1. The number of hydrogen-bond acceptors (Lipinski definition) is 3. The van der Waals surface area contributed by atoms with Crippen LogP contribution in [0.1, 0.15) is 11.1 Å². The smallest absolute Gasteiger partial charge is 0.0658 e. The molecule has 2 aromatic carbocycles. The summed E-state index contributed by atoms with van der Waals surface area (Å²) in [4.78, 5) is 1.14. The van der Waals surface area contributed by atoms with E-state index in [9.17, 15) is 0 Å². The van der Waals surface area contributed by atoms with Crippen LogP contribution in [0.3, 0.4) is 0 Å². The second kappa shape index (κ2) is 6.47. The SMILES string of the molecule is Cc1ccc(SOCCc2ccc(N)cc2)cc1. The Hall–Kier alpha value is -1.45. The molecule has 0 radical (unpaired) electrons. The van der Waals surface area contributed by atoms with Gasteiger partial charge in [-0.15, -0.1) is 0 Å². The number of rotatable bonds is 5. The maximum Gasteiger partial charge on any atom is 0.0658 e. The maximum absolute atomic E-state index is 5.63. The van der Waals surface area contributed by atoms with Crippen molar-refractivity contribution in [3.63, 3.8) is 0 Å². The van der Waals surface area contributed by atoms with E-state index in [-0.39, 0.29) is 0 Å². The highest BCUT2D eigenvalue weighted by atomic mass is 32.2. The summed E-state index contributed by atoms with van der Waals surface area (Å²) in [5.41, 5.74) is 8.94. The number of aryl methyl sites for hydroxylation is 1. The molecule has 0 fully saturated rings. The third-order valence-corrected chi connectivity index (χ3v) is 3.38. The van der Waals surface area contributed by atoms with Gasteiger partial charge in [-0.05, 0) is 43.2 Å². The summed E-state index contributed by atoms with van der Waals surface area (Å²) < 4.78 is 5.58. The normalized spacial score (nSPS) is 10.5. The van der Waals surface area contributed by atoms with E-state index in [1.54, 1.807) is 0 Å². The van der Waals surface area contributed by atoms with Gasteiger partial charge in [-0.3, -0.25) is 0 Å². The number of benzene rings is 2. The maximum atomic E-state index is 5.63. The van der Waals surface area contributed by atoms with Gasteiger partial charge in [0.05, 0.1) is 6.61 Å². The molecule has 0 amide bonds. The van der Waals surface area contributed by atoms with Crippen LogP contribution in [0.25, 0.3) is 0 Å². The summed E-state index contributed by atoms with van der Waals surface area (Å²) in [6, 6.07) is 16.2. The Morgan fingerprint density at radius 2 is 1.67 bits per heavy atom. The summed E-state index contributed by atoms with van der Waals surface area (Å²) in [5.74, 6) is 0. The molecule has 0 bridgehead atoms. The second-order valence-corrected chi connectivity index (χ2v) is 5.08. The molecule has 0 heterocycles. The molecule has 0 aromatic heterocycles. The Morgan fingerprint density at radius 1 is 1.00 bits per heavy atom. The number of nitrogen functional groups attached to an aromatic ring is 1. The summed E-state index contributed by atoms with van der Waals surface area (Å²) in [7, 11) is 0. The minimum atomic E-state index is 0.697. The standard InChI is InChI=1S/C15H17NOS/c1-12-2-8-15(9-3-12)18-17-11-10-13-4-6-14(16)7-5-13/h2-9H,10-11,16H2,1H3. The van der Waals surface area contributed by atoms with Crippen LogP contribution in [-0.4, -0.2) is 6.61 Å². The second-order valence-electron chi connectivity index (χ2n) is 4.21. The molecule has 2 rings (SSSR count). The van der Waals surface area contributed by atoms with Gasteiger partial charge in [0, 0.05) is 22.6 Å². The summed E-state index contributed by atoms with van der Waals surface area (Å²) in [6.07, 6.45) is 0.902. The van der Waals surface area contributed by atoms with Crippen molar-refractivity contribution in [2.24, 2.45) is 0 Å². The lowest BCUT2D eigenvalue weighted by Gasteiger charge is -2.04. The van der Waals surface area contributed by atoms with Crippen molar-refractivity contribution in [1.29, 1.82) is 0 Å². The molecule has 2 nitrogen and oxygen atoms in total. The van der Waals surface area contributed by atoms with E-state index in [2.05, 4.69) is 31.2 Å². The van der Waals surface area contributed by atoms with Gasteiger partial charge in [0.15, 0.2) is 0 Å². The Labute approximate surface area is 112 Å². The lowest BCUT2D eigenvalue weighted by molar-refractivity contribution is 0.379. The van der Waals surface area contributed by atoms with Gasteiger partial charge in [0.2, 0.25) is 0 Å². The molecular formula is C15H17NOS. The molecule has 0 aliphatic heterocycles. The zero-order valence-electron chi connectivity index (χ0n) is 10.4. The van der Waals surface area contributed by atoms with Crippen molar-refractivity contribution in [3.8, 4) is 0 Å². The zero-order chi connectivity index (χ0) is 12.8. The van der Waals surface area contributed by atoms with Gasteiger partial charge in [-0.1, -0.05) is 29.8 Å². The predicted molar refractivity (Wildman–Crippen MR) is 77.5 cm³/mol. The zero-order valence-corrected chi connectivity index (χ0v) is 11.2. The van der Waals surface area contributed by atoms with E-state index in [0.29, 0.717) is 6.61 Å². The van der Waals surface area contributed by atoms with Crippen LogP contribution in [0.5, 0.6) is 0 Å². The largest absolute Gasteiger partial charge is 0.399 e. The van der Waals surface area contributed by atoms with Crippen molar-refractivity contribution in [2.75, 3.05) is 12.3 Å². The fourth-order valence-electron chi connectivity index (χ4n) is 1.55. The molecule has 94 valence electrons. The van der Waals surface area contributed by atoms with E-state index in [1.807, 2.05) is 24.3 Å². The minimum absolute atomic E-state index is 0.697. The van der Waals surface area contributed by atoms with E-state index in [4.69, 9.17) is 9.92 Å². The molecule has 0 atom stereocenters. The lowest BCUT2D eigenvalue weighted by Crippen LogP contribution is -1.94. The first-order valence-electron chi connectivity index (χ1n) is 5.94. The van der Waals surface area contributed by atoms with Crippen LogP contribution in [-0.2, 0) is 10.6 Å². The fraction of sp³-hybridized carbons (Fsp3) is 0.200. The summed E-state index contributed by atoms with van der Waals surface area (Å²) >= 11 is 1.43. The van der Waals surface area contributed by atoms with E-state index >= 15 is 0 Å².